The van der Waals surface area contributed by atoms with E-state index in [4.69, 9.17) is 75.8 Å². The normalized spacial score (nSPS) is 37.4. The van der Waals surface area contributed by atoms with Crippen LogP contribution in [0.3, 0.4) is 0 Å². The number of carbonyl (C=O) groups excluding carboxylic acids is 4. The number of hydrogen-bond donors (Lipinski definition) is 28. The van der Waals surface area contributed by atoms with Gasteiger partial charge in [-0.3, -0.25) is 19.2 Å². The van der Waals surface area contributed by atoms with Crippen LogP contribution in [0.15, 0.2) is 24.3 Å². The second-order valence-corrected chi connectivity index (χ2v) is 40.9. The highest BCUT2D eigenvalue weighted by molar-refractivity contribution is 5.77. The van der Waals surface area contributed by atoms with Gasteiger partial charge in [-0.1, -0.05) is 205 Å². The number of carboxylic acid groups (broad SMARTS) is 1. The zero-order chi connectivity index (χ0) is 110. The molecule has 8 rings (SSSR count). The van der Waals surface area contributed by atoms with E-state index >= 15 is 0 Å². The molecule has 0 aromatic rings. The van der Waals surface area contributed by atoms with Crippen LogP contribution in [0.25, 0.3) is 0 Å². The van der Waals surface area contributed by atoms with Crippen LogP contribution in [-0.2, 0) is 99.8 Å². The first-order valence-corrected chi connectivity index (χ1v) is 54.1. The third-order valence-electron chi connectivity index (χ3n) is 28.9. The molecule has 8 fully saturated rings. The van der Waals surface area contributed by atoms with Crippen molar-refractivity contribution >= 4 is 29.6 Å². The fraction of sp³-hybridized carbons (Fsp3) is 0.911. The van der Waals surface area contributed by atoms with E-state index in [1.807, 2.05) is 0 Å². The summed E-state index contributed by atoms with van der Waals surface area (Å²) >= 11 is 0. The fourth-order valence-corrected chi connectivity index (χ4v) is 20.2. The molecule has 4 amide bonds. The molecule has 872 valence electrons. The summed E-state index contributed by atoms with van der Waals surface area (Å²) < 4.78 is 98.0. The third-order valence-corrected chi connectivity index (χ3v) is 28.9. The Labute approximate surface area is 876 Å². The fourth-order valence-electron chi connectivity index (χ4n) is 20.2. The van der Waals surface area contributed by atoms with Gasteiger partial charge in [0, 0.05) is 33.6 Å². The van der Waals surface area contributed by atoms with Gasteiger partial charge in [0.05, 0.1) is 83.3 Å². The van der Waals surface area contributed by atoms with Crippen molar-refractivity contribution < 1.29 is 222 Å². The maximum absolute atomic E-state index is 13.8. The lowest BCUT2D eigenvalue weighted by Gasteiger charge is -2.53. The molecular weight excluding hydrogens is 1990 g/mol. The summed E-state index contributed by atoms with van der Waals surface area (Å²) in [5.41, 5.74) is 0. The minimum Gasteiger partial charge on any atom is -0.477 e. The average molecular weight is 2170 g/mol. The number of aliphatic carboxylic acids is 1. The number of hydrogen-bond acceptors (Lipinski definition) is 44. The van der Waals surface area contributed by atoms with E-state index in [9.17, 15) is 147 Å². The maximum Gasteiger partial charge on any atom is 0.364 e. The Morgan fingerprint density at radius 3 is 1.22 bits per heavy atom. The van der Waals surface area contributed by atoms with Crippen molar-refractivity contribution in [3.05, 3.63) is 24.3 Å². The van der Waals surface area contributed by atoms with Crippen molar-refractivity contribution in [3.8, 4) is 0 Å². The lowest BCUT2D eigenvalue weighted by Crippen LogP contribution is -2.72. The van der Waals surface area contributed by atoms with Gasteiger partial charge in [-0.25, -0.2) is 4.79 Å². The van der Waals surface area contributed by atoms with Crippen molar-refractivity contribution in [2.24, 2.45) is 0 Å². The quantitative estimate of drug-likeness (QED) is 0.0207. The van der Waals surface area contributed by atoms with Crippen LogP contribution in [0.1, 0.15) is 266 Å². The monoisotopic (exact) mass is 2170 g/mol. The van der Waals surface area contributed by atoms with Gasteiger partial charge < -0.3 is 220 Å². The van der Waals surface area contributed by atoms with Crippen LogP contribution in [0.5, 0.6) is 0 Å². The van der Waals surface area contributed by atoms with Gasteiger partial charge >= 0.3 is 5.97 Å². The Bertz CT molecular complexity index is 3830. The third kappa shape index (κ3) is 38.3. The molecule has 0 aromatic carbocycles. The van der Waals surface area contributed by atoms with E-state index in [0.717, 1.165) is 91.4 Å². The Hall–Kier alpha value is -4.73. The molecule has 0 spiro atoms. The van der Waals surface area contributed by atoms with Gasteiger partial charge in [0.1, 0.15) is 183 Å². The molecule has 8 saturated heterocycles. The zero-order valence-electron chi connectivity index (χ0n) is 87.3. The molecule has 43 atom stereocenters. The van der Waals surface area contributed by atoms with Gasteiger partial charge in [-0.05, 0) is 51.9 Å². The number of nitrogens with one attached hydrogen (secondary N) is 4. The molecule has 0 radical (unpaired) electrons. The van der Waals surface area contributed by atoms with E-state index < -0.39 is 352 Å². The van der Waals surface area contributed by atoms with Gasteiger partial charge in [0.15, 0.2) is 44.0 Å². The van der Waals surface area contributed by atoms with Crippen molar-refractivity contribution in [1.29, 1.82) is 0 Å². The van der Waals surface area contributed by atoms with Gasteiger partial charge in [-0.15, -0.1) is 0 Å². The smallest absolute Gasteiger partial charge is 0.364 e. The second-order valence-electron chi connectivity index (χ2n) is 40.9. The van der Waals surface area contributed by atoms with E-state index in [1.165, 1.54) is 141 Å². The molecule has 28 N–H and O–H groups in total. The summed E-state index contributed by atoms with van der Waals surface area (Å²) in [5.74, 6) is -8.75. The molecule has 0 bridgehead atoms. The topological polar surface area (TPSA) is 767 Å². The van der Waals surface area contributed by atoms with Gasteiger partial charge in [-0.2, -0.15) is 0 Å². The molecule has 16 unspecified atom stereocenters. The van der Waals surface area contributed by atoms with Crippen molar-refractivity contribution in [3.63, 3.8) is 0 Å². The molecular formula is C101H178N4O45. The van der Waals surface area contributed by atoms with Crippen molar-refractivity contribution in [2.75, 3.05) is 52.9 Å². The maximum atomic E-state index is 13.8. The minimum absolute atomic E-state index is 0.0995. The van der Waals surface area contributed by atoms with Crippen LogP contribution in [0, 0.1) is 0 Å². The number of allylic oxidation sites excluding steroid dienone is 3. The number of rotatable bonds is 68. The number of unbranched alkanes of at least 4 members (excludes halogenated alkanes) is 30. The molecule has 0 saturated carbocycles. The molecule has 49 heteroatoms. The largest absolute Gasteiger partial charge is 0.477 e. The minimum atomic E-state index is -3.35. The van der Waals surface area contributed by atoms with Crippen LogP contribution in [-0.4, -0.2) is 468 Å². The SMILES string of the molecule is CCCCCCCC/C=C\CCCCCCCCCCCCCCCC(=O)N[C@@H](CO[C@@H]1OC(CO)[C@@H](O[C@@H]2OC(CO)[C@H](O[C@@H]3OC(CO)[C@H](O)[C@H](O)C3NC(C)=O)[C@H](O[C@H]3OC(CO)[C@H](O)[C@H](O[C@@H]4OC(CO)[C@@H](O[C@@H]5OC(CO)[C@H](O)[C@H](O[C@]6(C(=O)O)CC(O)[C@@H](NC(C)=O)C([C@H](O)[C@H](O)CO)O6)C5O)[C@H](O[C@H]5OC(C)[C@@H](O)C(O)[C@@H]5O)C4NC(C)=O)C3O)C2O)[C@H](O)C1O)[C@H](O)/C=C/CCCCCCCCCCCCC. The predicted octanol–water partition coefficient (Wildman–Crippen LogP) is -3.50. The summed E-state index contributed by atoms with van der Waals surface area (Å²) in [6.07, 6.45) is -38.0. The Morgan fingerprint density at radius 1 is 0.360 bits per heavy atom. The van der Waals surface area contributed by atoms with E-state index in [0.29, 0.717) is 12.8 Å². The van der Waals surface area contributed by atoms with E-state index in [-0.39, 0.29) is 6.42 Å². The Balaban J connectivity index is 1.02. The number of carbonyl (C=O) groups is 5. The summed E-state index contributed by atoms with van der Waals surface area (Å²) in [7, 11) is 0. The van der Waals surface area contributed by atoms with E-state index in [1.54, 1.807) is 6.08 Å². The number of carboxylic acids is 1. The molecule has 8 aliphatic rings. The molecule has 0 aromatic heterocycles. The summed E-state index contributed by atoms with van der Waals surface area (Å²) in [4.78, 5) is 66.4. The van der Waals surface area contributed by atoms with Crippen LogP contribution < -0.4 is 21.3 Å². The summed E-state index contributed by atoms with van der Waals surface area (Å²) in [6.45, 7) is -0.487. The first kappa shape index (κ1) is 130. The predicted molar refractivity (Wildman–Crippen MR) is 523 cm³/mol. The van der Waals surface area contributed by atoms with Gasteiger partial charge in [0.25, 0.3) is 5.79 Å². The number of aliphatic hydroxyl groups is 23. The highest BCUT2D eigenvalue weighted by Gasteiger charge is 2.64. The Kier molecular flexibility index (Phi) is 58.8. The lowest BCUT2D eigenvalue weighted by molar-refractivity contribution is -0.406. The molecule has 150 heavy (non-hydrogen) atoms. The second kappa shape index (κ2) is 67.6. The summed E-state index contributed by atoms with van der Waals surface area (Å²) in [5, 5.41) is 285. The van der Waals surface area contributed by atoms with Crippen LogP contribution in [0.2, 0.25) is 0 Å². The van der Waals surface area contributed by atoms with Gasteiger partial charge in [0.2, 0.25) is 23.6 Å². The first-order valence-electron chi connectivity index (χ1n) is 54.1. The Morgan fingerprint density at radius 2 is 0.727 bits per heavy atom. The molecule has 0 aliphatic carbocycles. The van der Waals surface area contributed by atoms with Crippen LogP contribution >= 0.6 is 0 Å². The first-order chi connectivity index (χ1) is 71.8. The number of ether oxygens (including phenoxy) is 16. The average Bonchev–Trinajstić information content (AvgIpc) is 0.755. The van der Waals surface area contributed by atoms with E-state index in [2.05, 4.69) is 47.3 Å². The summed E-state index contributed by atoms with van der Waals surface area (Å²) in [6, 6.07) is -6.92. The number of aliphatic hydroxyl groups excluding tert-OH is 23. The molecule has 8 heterocycles. The molecule has 8 aliphatic heterocycles. The lowest BCUT2D eigenvalue weighted by atomic mass is 9.88. The number of amides is 4. The zero-order valence-corrected chi connectivity index (χ0v) is 87.3. The van der Waals surface area contributed by atoms with Crippen molar-refractivity contribution in [2.45, 2.75) is 529 Å². The van der Waals surface area contributed by atoms with Crippen molar-refractivity contribution in [1.82, 2.24) is 21.3 Å². The van der Waals surface area contributed by atoms with Crippen LogP contribution in [0.4, 0.5) is 0 Å². The highest BCUT2D eigenvalue weighted by atomic mass is 16.8. The standard InChI is InChI=1S/C101H178N4O45/c1-7-9-11-13-15-17-19-21-22-23-24-25-26-27-28-29-30-32-34-36-38-40-42-44-68(119)105-58(59(116)43-41-39-37-35-33-31-20-18-16-14-12-10-8-2)53-135-95-81(129)79(127)85(65(50-110)141-95)143-99-84(132)92(87(67(52-112)142-99)144-93-70(103-56(5)114)77(125)74(122)62(47-107)137-93)148-97-82(130)90(75(123)63(48-108)138-97)147-94-71(104-57(6)115)89(146-96-80(128)78(126)72(120)54(3)136-96)86(66(51-111)140-94)145-98-83(131)91(76(124)64(49-109)139-98)150-101(100(133)134)45-60(117)69(102-55(4)113)88(149-101)73(121)61(118)46-106/h21-22,41,43,54,58-67,69-99,106-112,116-118,120-132H,7-20,23-40,42,44-53H2,1-6H3,(H,102,113)(H,103,114)(H,104,115)(H,105,119)(H,133,134)/b22-21-,43-41+/t54?,58-,59+,60?,61+,62?,63?,64?,65?,66?,67?,69+,70?,71?,72+,73+,74-,75-,76-,77+,78?,79+,80-,81?,82?,83?,84?,85+,86+,87-,88?,89+,90-,91-,92+,93-,94-,95+,96+,97+,98-,99-,101-/m0/s1. The molecule has 49 nitrogen and oxygen atoms in total. The highest BCUT2D eigenvalue weighted by Crippen LogP contribution is 2.43.